The molecule has 2 aromatic carbocycles. The van der Waals surface area contributed by atoms with Crippen molar-refractivity contribution in [3.63, 3.8) is 0 Å². The highest BCUT2D eigenvalue weighted by Crippen LogP contribution is 2.48. The number of fused-ring (bicyclic) bond motifs is 3. The fraction of sp³-hybridized carbons (Fsp3) is 0.444. The van der Waals surface area contributed by atoms with Crippen LogP contribution in [0.15, 0.2) is 36.4 Å². The summed E-state index contributed by atoms with van der Waals surface area (Å²) in [4.78, 5) is 0. The lowest BCUT2D eigenvalue weighted by Crippen LogP contribution is -2.30. The zero-order chi connectivity index (χ0) is 13.6. The molecule has 0 fully saturated rings. The van der Waals surface area contributed by atoms with Gasteiger partial charge >= 0.3 is 0 Å². The number of hydrogen-bond donors (Lipinski definition) is 0. The molecule has 0 saturated heterocycles. The normalized spacial score (nSPS) is 22.9. The molecule has 0 aromatic heterocycles. The summed E-state index contributed by atoms with van der Waals surface area (Å²) in [6, 6.07) is 13.0. The van der Waals surface area contributed by atoms with Crippen LogP contribution in [0.5, 0.6) is 5.75 Å². The summed E-state index contributed by atoms with van der Waals surface area (Å²) in [6.07, 6.45) is 1.40. The minimum atomic E-state index is 0.273. The van der Waals surface area contributed by atoms with E-state index in [0.717, 1.165) is 12.2 Å². The van der Waals surface area contributed by atoms with Crippen LogP contribution >= 0.6 is 0 Å². The van der Waals surface area contributed by atoms with Gasteiger partial charge in [-0.15, -0.1) is 0 Å². The van der Waals surface area contributed by atoms with Gasteiger partial charge in [0.05, 0.1) is 6.10 Å². The molecular weight excluding hydrogens is 232 g/mol. The van der Waals surface area contributed by atoms with Crippen molar-refractivity contribution in [1.82, 2.24) is 0 Å². The third-order valence-electron chi connectivity index (χ3n) is 4.22. The molecule has 100 valence electrons. The molecule has 2 aromatic rings. The largest absolute Gasteiger partial charge is 0.490 e. The van der Waals surface area contributed by atoms with E-state index < -0.39 is 0 Å². The molecule has 1 aliphatic rings. The van der Waals surface area contributed by atoms with Gasteiger partial charge < -0.3 is 4.74 Å². The quantitative estimate of drug-likeness (QED) is 0.632. The van der Waals surface area contributed by atoms with Crippen LogP contribution in [0.2, 0.25) is 0 Å². The van der Waals surface area contributed by atoms with Gasteiger partial charge in [-0.2, -0.15) is 0 Å². The van der Waals surface area contributed by atoms with E-state index >= 15 is 0 Å². The zero-order valence-corrected chi connectivity index (χ0v) is 12.2. The van der Waals surface area contributed by atoms with Crippen LogP contribution < -0.4 is 4.74 Å². The standard InChI is InChI=1S/C18H22O/c1-12-11-16(18(2,3)4)15-10-9-13-7-5-6-8-14(13)17(15)19-12/h5-10,12,16H,11H2,1-4H3. The molecule has 0 bridgehead atoms. The fourth-order valence-corrected chi connectivity index (χ4v) is 3.19. The lowest BCUT2D eigenvalue weighted by molar-refractivity contribution is 0.140. The summed E-state index contributed by atoms with van der Waals surface area (Å²) >= 11 is 0. The first kappa shape index (κ1) is 12.5. The van der Waals surface area contributed by atoms with Gasteiger partial charge in [0.1, 0.15) is 5.75 Å². The van der Waals surface area contributed by atoms with E-state index in [0.29, 0.717) is 12.0 Å². The first-order chi connectivity index (χ1) is 8.97. The van der Waals surface area contributed by atoms with E-state index in [4.69, 9.17) is 4.74 Å². The molecular formula is C18H22O. The van der Waals surface area contributed by atoms with Crippen LogP contribution in [0.25, 0.3) is 10.8 Å². The predicted molar refractivity (Wildman–Crippen MR) is 80.9 cm³/mol. The Bertz CT molecular complexity index is 607. The average Bonchev–Trinajstić information content (AvgIpc) is 2.36. The molecule has 1 aliphatic heterocycles. The number of ether oxygens (including phenoxy) is 1. The van der Waals surface area contributed by atoms with Gasteiger partial charge in [0.15, 0.2) is 0 Å². The van der Waals surface area contributed by atoms with Crippen molar-refractivity contribution in [3.8, 4) is 5.75 Å². The van der Waals surface area contributed by atoms with E-state index in [2.05, 4.69) is 64.1 Å². The summed E-state index contributed by atoms with van der Waals surface area (Å²) in [5.74, 6) is 1.67. The highest BCUT2D eigenvalue weighted by Gasteiger charge is 2.34. The maximum absolute atomic E-state index is 6.17. The Hall–Kier alpha value is -1.50. The second kappa shape index (κ2) is 4.26. The SMILES string of the molecule is CC1CC(C(C)(C)C)c2ccc3ccccc3c2O1. The summed E-state index contributed by atoms with van der Waals surface area (Å²) in [5, 5.41) is 2.52. The highest BCUT2D eigenvalue weighted by atomic mass is 16.5. The Labute approximate surface area is 115 Å². The number of benzene rings is 2. The van der Waals surface area contributed by atoms with E-state index in [1.807, 2.05) is 0 Å². The maximum Gasteiger partial charge on any atom is 0.131 e. The van der Waals surface area contributed by atoms with Crippen molar-refractivity contribution in [2.75, 3.05) is 0 Å². The van der Waals surface area contributed by atoms with E-state index in [1.54, 1.807) is 0 Å². The van der Waals surface area contributed by atoms with Gasteiger partial charge in [-0.25, -0.2) is 0 Å². The second-order valence-corrected chi connectivity index (χ2v) is 6.79. The maximum atomic E-state index is 6.17. The minimum Gasteiger partial charge on any atom is -0.490 e. The van der Waals surface area contributed by atoms with E-state index in [1.165, 1.54) is 16.3 Å². The first-order valence-corrected chi connectivity index (χ1v) is 7.15. The lowest BCUT2D eigenvalue weighted by Gasteiger charge is -2.38. The molecule has 0 saturated carbocycles. The van der Waals surface area contributed by atoms with Gasteiger partial charge in [0, 0.05) is 5.39 Å². The van der Waals surface area contributed by atoms with E-state index in [-0.39, 0.29) is 5.41 Å². The van der Waals surface area contributed by atoms with Crippen molar-refractivity contribution in [3.05, 3.63) is 42.0 Å². The summed E-state index contributed by atoms with van der Waals surface area (Å²) < 4.78 is 6.17. The Balaban J connectivity index is 2.24. The summed E-state index contributed by atoms with van der Waals surface area (Å²) in [6.45, 7) is 9.17. The minimum absolute atomic E-state index is 0.273. The van der Waals surface area contributed by atoms with E-state index in [9.17, 15) is 0 Å². The predicted octanol–water partition coefficient (Wildman–Crippen LogP) is 5.14. The molecule has 2 atom stereocenters. The molecule has 2 unspecified atom stereocenters. The molecule has 0 aliphatic carbocycles. The summed E-state index contributed by atoms with van der Waals surface area (Å²) in [5.41, 5.74) is 1.65. The van der Waals surface area contributed by atoms with Crippen molar-refractivity contribution in [1.29, 1.82) is 0 Å². The number of hydrogen-bond acceptors (Lipinski definition) is 1. The van der Waals surface area contributed by atoms with Crippen molar-refractivity contribution in [2.45, 2.75) is 46.1 Å². The lowest BCUT2D eigenvalue weighted by atomic mass is 9.72. The van der Waals surface area contributed by atoms with Crippen LogP contribution in [0.4, 0.5) is 0 Å². The third-order valence-corrected chi connectivity index (χ3v) is 4.22. The molecule has 0 amide bonds. The molecule has 0 radical (unpaired) electrons. The van der Waals surface area contributed by atoms with Crippen LogP contribution in [-0.4, -0.2) is 6.10 Å². The molecule has 1 heteroatoms. The smallest absolute Gasteiger partial charge is 0.131 e. The van der Waals surface area contributed by atoms with Gasteiger partial charge in [-0.3, -0.25) is 0 Å². The molecule has 1 heterocycles. The van der Waals surface area contributed by atoms with Gasteiger partial charge in [0.25, 0.3) is 0 Å². The average molecular weight is 254 g/mol. The Morgan fingerprint density at radius 1 is 1.05 bits per heavy atom. The van der Waals surface area contributed by atoms with Gasteiger partial charge in [-0.05, 0) is 35.6 Å². The summed E-state index contributed by atoms with van der Waals surface area (Å²) in [7, 11) is 0. The Morgan fingerprint density at radius 2 is 1.79 bits per heavy atom. The monoisotopic (exact) mass is 254 g/mol. The molecule has 0 spiro atoms. The molecule has 19 heavy (non-hydrogen) atoms. The van der Waals surface area contributed by atoms with Crippen molar-refractivity contribution >= 4 is 10.8 Å². The van der Waals surface area contributed by atoms with Crippen LogP contribution in [-0.2, 0) is 0 Å². The zero-order valence-electron chi connectivity index (χ0n) is 12.2. The van der Waals surface area contributed by atoms with Crippen LogP contribution in [0.3, 0.4) is 0 Å². The fourth-order valence-electron chi connectivity index (χ4n) is 3.19. The highest BCUT2D eigenvalue weighted by molar-refractivity contribution is 5.90. The van der Waals surface area contributed by atoms with Crippen LogP contribution in [0.1, 0.15) is 45.6 Å². The van der Waals surface area contributed by atoms with Crippen molar-refractivity contribution in [2.24, 2.45) is 5.41 Å². The first-order valence-electron chi connectivity index (χ1n) is 7.15. The van der Waals surface area contributed by atoms with Crippen LogP contribution in [0, 0.1) is 5.41 Å². The molecule has 1 nitrogen and oxygen atoms in total. The van der Waals surface area contributed by atoms with Crippen molar-refractivity contribution < 1.29 is 4.74 Å². The molecule has 0 N–H and O–H groups in total. The Morgan fingerprint density at radius 3 is 2.53 bits per heavy atom. The Kier molecular flexibility index (Phi) is 2.81. The third kappa shape index (κ3) is 2.11. The topological polar surface area (TPSA) is 9.23 Å². The number of rotatable bonds is 0. The van der Waals surface area contributed by atoms with Gasteiger partial charge in [0.2, 0.25) is 0 Å². The van der Waals surface area contributed by atoms with Gasteiger partial charge in [-0.1, -0.05) is 57.2 Å². The molecule has 3 rings (SSSR count). The second-order valence-electron chi connectivity index (χ2n) is 6.79.